The van der Waals surface area contributed by atoms with E-state index in [1.165, 1.54) is 24.3 Å². The van der Waals surface area contributed by atoms with Crippen LogP contribution in [0.4, 0.5) is 17.6 Å². The highest BCUT2D eigenvalue weighted by Gasteiger charge is 2.20. The zero-order valence-corrected chi connectivity index (χ0v) is 14.4. The number of ether oxygens (including phenoxy) is 1. The van der Waals surface area contributed by atoms with Crippen LogP contribution in [0.2, 0.25) is 0 Å². The van der Waals surface area contributed by atoms with Crippen LogP contribution in [0.15, 0.2) is 72.8 Å². The highest BCUT2D eigenvalue weighted by molar-refractivity contribution is 5.95. The third-order valence-electron chi connectivity index (χ3n) is 4.02. The Morgan fingerprint density at radius 1 is 0.857 bits per heavy atom. The van der Waals surface area contributed by atoms with Gasteiger partial charge in [0.1, 0.15) is 17.4 Å². The van der Waals surface area contributed by atoms with E-state index in [-0.39, 0.29) is 11.3 Å². The number of rotatable bonds is 6. The van der Waals surface area contributed by atoms with Gasteiger partial charge in [-0.3, -0.25) is 4.79 Å². The molecule has 3 nitrogen and oxygen atoms in total. The number of carbonyl (C=O) groups is 1. The fraction of sp³-hybridized carbons (Fsp3) is 0.0952. The molecule has 28 heavy (non-hydrogen) atoms. The maximum atomic E-state index is 13.9. The van der Waals surface area contributed by atoms with Crippen molar-refractivity contribution in [3.8, 4) is 5.75 Å². The van der Waals surface area contributed by atoms with Crippen LogP contribution in [0.1, 0.15) is 27.5 Å². The summed E-state index contributed by atoms with van der Waals surface area (Å²) in [7, 11) is 0. The highest BCUT2D eigenvalue weighted by atomic mass is 19.3. The quantitative estimate of drug-likeness (QED) is 0.597. The first-order chi connectivity index (χ1) is 13.4. The van der Waals surface area contributed by atoms with Gasteiger partial charge in [0, 0.05) is 6.07 Å². The summed E-state index contributed by atoms with van der Waals surface area (Å²) >= 11 is 0. The molecule has 0 aliphatic carbocycles. The monoisotopic (exact) mass is 389 g/mol. The summed E-state index contributed by atoms with van der Waals surface area (Å²) in [4.78, 5) is 12.5. The fourth-order valence-electron chi connectivity index (χ4n) is 2.73. The predicted molar refractivity (Wildman–Crippen MR) is 95.2 cm³/mol. The lowest BCUT2D eigenvalue weighted by atomic mass is 9.98. The minimum Gasteiger partial charge on any atom is -0.435 e. The van der Waals surface area contributed by atoms with Gasteiger partial charge < -0.3 is 10.1 Å². The Kier molecular flexibility index (Phi) is 5.93. The second-order valence-electron chi connectivity index (χ2n) is 5.89. The average molecular weight is 389 g/mol. The van der Waals surface area contributed by atoms with Gasteiger partial charge in [0.25, 0.3) is 5.91 Å². The first-order valence-corrected chi connectivity index (χ1v) is 8.29. The van der Waals surface area contributed by atoms with Crippen molar-refractivity contribution in [1.29, 1.82) is 0 Å². The van der Waals surface area contributed by atoms with Gasteiger partial charge in [-0.15, -0.1) is 0 Å². The molecular formula is C21H15F4NO2. The van der Waals surface area contributed by atoms with Crippen LogP contribution in [0.25, 0.3) is 0 Å². The molecule has 0 aliphatic rings. The van der Waals surface area contributed by atoms with Crippen molar-refractivity contribution in [3.05, 3.63) is 101 Å². The van der Waals surface area contributed by atoms with Crippen molar-refractivity contribution < 1.29 is 27.1 Å². The van der Waals surface area contributed by atoms with Crippen LogP contribution in [-0.2, 0) is 0 Å². The summed E-state index contributed by atoms with van der Waals surface area (Å²) in [5.74, 6) is -2.53. The number of alkyl halides is 2. The number of nitrogens with one attached hydrogen (secondary N) is 1. The predicted octanol–water partition coefficient (Wildman–Crippen LogP) is 5.09. The van der Waals surface area contributed by atoms with Crippen LogP contribution in [-0.4, -0.2) is 12.5 Å². The molecule has 0 spiro atoms. The minimum atomic E-state index is -2.95. The summed E-state index contributed by atoms with van der Waals surface area (Å²) in [6.07, 6.45) is 0. The molecule has 0 fully saturated rings. The van der Waals surface area contributed by atoms with E-state index in [4.69, 9.17) is 0 Å². The maximum absolute atomic E-state index is 13.9. The van der Waals surface area contributed by atoms with Crippen molar-refractivity contribution in [3.63, 3.8) is 0 Å². The van der Waals surface area contributed by atoms with Gasteiger partial charge in [-0.25, -0.2) is 8.78 Å². The number of carbonyl (C=O) groups excluding carboxylic acids is 1. The lowest BCUT2D eigenvalue weighted by Gasteiger charge is -2.20. The molecule has 3 rings (SSSR count). The molecule has 144 valence electrons. The number of hydrogen-bond acceptors (Lipinski definition) is 2. The van der Waals surface area contributed by atoms with E-state index in [1.807, 2.05) is 0 Å². The number of hydrogen-bond donors (Lipinski definition) is 1. The van der Waals surface area contributed by atoms with E-state index >= 15 is 0 Å². The van der Waals surface area contributed by atoms with E-state index in [9.17, 15) is 22.4 Å². The van der Waals surface area contributed by atoms with Crippen molar-refractivity contribution in [2.75, 3.05) is 0 Å². The summed E-state index contributed by atoms with van der Waals surface area (Å²) in [5.41, 5.74) is 0.963. The normalized spacial score (nSPS) is 11.9. The maximum Gasteiger partial charge on any atom is 0.387 e. The number of benzene rings is 3. The molecule has 0 bridgehead atoms. The molecule has 1 unspecified atom stereocenters. The third-order valence-corrected chi connectivity index (χ3v) is 4.02. The van der Waals surface area contributed by atoms with Gasteiger partial charge in [-0.2, -0.15) is 8.78 Å². The molecule has 0 aromatic heterocycles. The van der Waals surface area contributed by atoms with E-state index in [2.05, 4.69) is 10.1 Å². The molecule has 1 amide bonds. The Labute approximate surface area is 158 Å². The molecular weight excluding hydrogens is 374 g/mol. The van der Waals surface area contributed by atoms with E-state index in [0.29, 0.717) is 17.2 Å². The molecule has 0 saturated heterocycles. The zero-order valence-electron chi connectivity index (χ0n) is 14.4. The van der Waals surface area contributed by atoms with Gasteiger partial charge in [0.2, 0.25) is 0 Å². The lowest BCUT2D eigenvalue weighted by molar-refractivity contribution is -0.0498. The van der Waals surface area contributed by atoms with Crippen LogP contribution in [0.3, 0.4) is 0 Å². The van der Waals surface area contributed by atoms with Gasteiger partial charge >= 0.3 is 6.61 Å². The second kappa shape index (κ2) is 8.56. The van der Waals surface area contributed by atoms with E-state index in [0.717, 1.165) is 12.1 Å². The Morgan fingerprint density at radius 2 is 1.50 bits per heavy atom. The summed E-state index contributed by atoms with van der Waals surface area (Å²) in [5, 5.41) is 2.70. The van der Waals surface area contributed by atoms with Crippen LogP contribution < -0.4 is 10.1 Å². The zero-order chi connectivity index (χ0) is 20.1. The average Bonchev–Trinajstić information content (AvgIpc) is 2.67. The minimum absolute atomic E-state index is 0.0264. The van der Waals surface area contributed by atoms with E-state index < -0.39 is 30.2 Å². The molecule has 3 aromatic carbocycles. The molecule has 1 atom stereocenters. The smallest absolute Gasteiger partial charge is 0.387 e. The lowest BCUT2D eigenvalue weighted by Crippen LogP contribution is -2.30. The summed E-state index contributed by atoms with van der Waals surface area (Å²) in [6.45, 7) is -2.95. The van der Waals surface area contributed by atoms with Crippen molar-refractivity contribution in [1.82, 2.24) is 5.32 Å². The standard InChI is InChI=1S/C21H15F4NO2/c22-15-8-11-17(18(23)12-15)20(27)26-19(13-4-2-1-3-5-13)14-6-9-16(10-7-14)28-21(24)25/h1-12,19,21H,(H,26,27). The molecule has 0 saturated carbocycles. The van der Waals surface area contributed by atoms with Gasteiger partial charge in [0.05, 0.1) is 11.6 Å². The fourth-order valence-corrected chi connectivity index (χ4v) is 2.73. The number of halogens is 4. The van der Waals surface area contributed by atoms with Crippen molar-refractivity contribution in [2.24, 2.45) is 0 Å². The largest absolute Gasteiger partial charge is 0.435 e. The molecule has 3 aromatic rings. The van der Waals surface area contributed by atoms with Crippen molar-refractivity contribution in [2.45, 2.75) is 12.7 Å². The topological polar surface area (TPSA) is 38.3 Å². The Hall–Kier alpha value is -3.35. The summed E-state index contributed by atoms with van der Waals surface area (Å²) < 4.78 is 56.0. The first-order valence-electron chi connectivity index (χ1n) is 8.29. The number of amides is 1. The molecule has 0 radical (unpaired) electrons. The Bertz CT molecular complexity index is 946. The third kappa shape index (κ3) is 4.68. The van der Waals surface area contributed by atoms with Crippen LogP contribution in [0.5, 0.6) is 5.75 Å². The van der Waals surface area contributed by atoms with Crippen molar-refractivity contribution >= 4 is 5.91 Å². The highest BCUT2D eigenvalue weighted by Crippen LogP contribution is 2.25. The van der Waals surface area contributed by atoms with Gasteiger partial charge in [0.15, 0.2) is 0 Å². The molecule has 0 heterocycles. The second-order valence-corrected chi connectivity index (χ2v) is 5.89. The van der Waals surface area contributed by atoms with E-state index in [1.54, 1.807) is 30.3 Å². The first kappa shape index (κ1) is 19.4. The summed E-state index contributed by atoms with van der Waals surface area (Å²) in [6, 6.07) is 16.6. The molecule has 7 heteroatoms. The molecule has 0 aliphatic heterocycles. The van der Waals surface area contributed by atoms with Crippen LogP contribution in [0, 0.1) is 11.6 Å². The Balaban J connectivity index is 1.90. The van der Waals surface area contributed by atoms with Gasteiger partial charge in [-0.1, -0.05) is 42.5 Å². The SMILES string of the molecule is O=C(NC(c1ccccc1)c1ccc(OC(F)F)cc1)c1ccc(F)cc1F. The van der Waals surface area contributed by atoms with Crippen LogP contribution >= 0.6 is 0 Å². The molecule has 1 N–H and O–H groups in total. The van der Waals surface area contributed by atoms with Gasteiger partial charge in [-0.05, 0) is 35.4 Å². The Morgan fingerprint density at radius 3 is 2.11 bits per heavy atom.